The van der Waals surface area contributed by atoms with Crippen LogP contribution in [0.3, 0.4) is 0 Å². The van der Waals surface area contributed by atoms with Gasteiger partial charge in [-0.1, -0.05) is 20.8 Å². The van der Waals surface area contributed by atoms with Gasteiger partial charge in [0.2, 0.25) is 0 Å². The number of nitrogens with zero attached hydrogens (tertiary/aromatic N) is 1. The molecule has 0 aromatic heterocycles. The molecule has 3 nitrogen and oxygen atoms in total. The van der Waals surface area contributed by atoms with Crippen molar-refractivity contribution >= 4 is 17.1 Å². The molecule has 0 unspecified atom stereocenters. The van der Waals surface area contributed by atoms with E-state index in [0.717, 1.165) is 17.4 Å². The summed E-state index contributed by atoms with van der Waals surface area (Å²) in [6.45, 7) is 7.53. The Labute approximate surface area is 110 Å². The third kappa shape index (κ3) is 10.6. The molecule has 0 fully saturated rings. The summed E-state index contributed by atoms with van der Waals surface area (Å²) in [7, 11) is 6.24. The Kier molecular flexibility index (Phi) is 8.53. The quantitative estimate of drug-likeness (QED) is 0.509. The Morgan fingerprint density at radius 1 is 1.31 bits per heavy atom. The third-order valence-electron chi connectivity index (χ3n) is 2.19. The minimum atomic E-state index is -0.157. The van der Waals surface area contributed by atoms with Gasteiger partial charge in [0.1, 0.15) is 13.2 Å². The van der Waals surface area contributed by atoms with Crippen LogP contribution in [0, 0.1) is 0 Å². The van der Waals surface area contributed by atoms with E-state index in [0.29, 0.717) is 6.61 Å². The van der Waals surface area contributed by atoms with Gasteiger partial charge in [0, 0.05) is 4.75 Å². The van der Waals surface area contributed by atoms with Crippen molar-refractivity contribution in [3.8, 4) is 0 Å². The van der Waals surface area contributed by atoms with Crippen molar-refractivity contribution in [1.29, 1.82) is 0 Å². The van der Waals surface area contributed by atoms with Gasteiger partial charge in [0.15, 0.2) is 0 Å². The zero-order valence-electron chi connectivity index (χ0n) is 11.2. The van der Waals surface area contributed by atoms with E-state index in [1.54, 1.807) is 0 Å². The van der Waals surface area contributed by atoms with Gasteiger partial charge >= 0.3 is 5.30 Å². The maximum absolute atomic E-state index is 11.4. The van der Waals surface area contributed by atoms with Gasteiger partial charge in [0.05, 0.1) is 21.1 Å². The summed E-state index contributed by atoms with van der Waals surface area (Å²) in [5.74, 6) is 0. The van der Waals surface area contributed by atoms with Gasteiger partial charge in [-0.2, -0.15) is 0 Å². The SMILES string of the molecule is CCC(C)(C)SC(=O)OCC[N+](C)(C)C.[Cl-]. The molecule has 0 saturated heterocycles. The first-order chi connectivity index (χ1) is 6.66. The maximum atomic E-state index is 11.4. The Bertz CT molecular complexity index is 215. The number of hydrogen-bond donors (Lipinski definition) is 0. The summed E-state index contributed by atoms with van der Waals surface area (Å²) < 4.78 is 5.96. The molecule has 98 valence electrons. The predicted octanol–water partition coefficient (Wildman–Crippen LogP) is -0.245. The van der Waals surface area contributed by atoms with Crippen LogP contribution in [0.5, 0.6) is 0 Å². The summed E-state index contributed by atoms with van der Waals surface area (Å²) in [4.78, 5) is 11.4. The first-order valence-electron chi connectivity index (χ1n) is 5.32. The van der Waals surface area contributed by atoms with Crippen molar-refractivity contribution in [3.63, 3.8) is 0 Å². The van der Waals surface area contributed by atoms with E-state index in [1.807, 2.05) is 0 Å². The second kappa shape index (κ2) is 7.41. The molecule has 16 heavy (non-hydrogen) atoms. The molecule has 0 spiro atoms. The van der Waals surface area contributed by atoms with Gasteiger partial charge in [-0.05, 0) is 18.2 Å². The standard InChI is InChI=1S/C11H24NO2S.ClH/c1-7-11(2,3)15-10(13)14-9-8-12(4,5)6;/h7-9H2,1-6H3;1H/q+1;/p-1. The van der Waals surface area contributed by atoms with Crippen molar-refractivity contribution in [2.45, 2.75) is 31.9 Å². The fraction of sp³-hybridized carbons (Fsp3) is 0.909. The molecule has 0 radical (unpaired) electrons. The lowest BCUT2D eigenvalue weighted by atomic mass is 10.1. The van der Waals surface area contributed by atoms with E-state index < -0.39 is 0 Å². The van der Waals surface area contributed by atoms with Gasteiger partial charge in [-0.15, -0.1) is 0 Å². The summed E-state index contributed by atoms with van der Waals surface area (Å²) in [6.07, 6.45) is 0.960. The molecule has 0 amide bonds. The Balaban J connectivity index is 0. The Morgan fingerprint density at radius 2 is 1.81 bits per heavy atom. The molecule has 0 atom stereocenters. The van der Waals surface area contributed by atoms with Gasteiger partial charge in [0.25, 0.3) is 0 Å². The van der Waals surface area contributed by atoms with Crippen molar-refractivity contribution in [1.82, 2.24) is 0 Å². The van der Waals surface area contributed by atoms with Crippen LogP contribution in [-0.4, -0.2) is 48.8 Å². The van der Waals surface area contributed by atoms with Crippen molar-refractivity contribution < 1.29 is 26.4 Å². The second-order valence-corrected chi connectivity index (χ2v) is 6.97. The van der Waals surface area contributed by atoms with Crippen molar-refractivity contribution in [2.24, 2.45) is 0 Å². The van der Waals surface area contributed by atoms with Crippen molar-refractivity contribution in [2.75, 3.05) is 34.3 Å². The molecule has 0 aliphatic rings. The second-order valence-electron chi connectivity index (χ2n) is 5.33. The fourth-order valence-electron chi connectivity index (χ4n) is 0.730. The number of rotatable bonds is 5. The lowest BCUT2D eigenvalue weighted by molar-refractivity contribution is -0.870. The van der Waals surface area contributed by atoms with Crippen LogP contribution < -0.4 is 12.4 Å². The highest BCUT2D eigenvalue weighted by molar-refractivity contribution is 8.14. The molecular weight excluding hydrogens is 246 g/mol. The molecule has 0 aromatic carbocycles. The first-order valence-corrected chi connectivity index (χ1v) is 6.14. The van der Waals surface area contributed by atoms with Crippen molar-refractivity contribution in [3.05, 3.63) is 0 Å². The molecule has 0 rings (SSSR count). The van der Waals surface area contributed by atoms with Crippen LogP contribution >= 0.6 is 11.8 Å². The molecule has 0 aliphatic carbocycles. The van der Waals surface area contributed by atoms with E-state index in [-0.39, 0.29) is 22.5 Å². The molecular formula is C11H24ClNO2S. The smallest absolute Gasteiger partial charge is 0.368 e. The van der Waals surface area contributed by atoms with Crippen LogP contribution in [0.4, 0.5) is 4.79 Å². The molecule has 0 N–H and O–H groups in total. The van der Waals surface area contributed by atoms with Gasteiger partial charge < -0.3 is 21.6 Å². The van der Waals surface area contributed by atoms with Crippen LogP contribution in [0.25, 0.3) is 0 Å². The van der Waals surface area contributed by atoms with Crippen LogP contribution in [0.2, 0.25) is 0 Å². The first kappa shape index (κ1) is 18.4. The number of hydrogen-bond acceptors (Lipinski definition) is 3. The van der Waals surface area contributed by atoms with Crippen LogP contribution in [0.1, 0.15) is 27.2 Å². The average Bonchev–Trinajstić information content (AvgIpc) is 2.00. The lowest BCUT2D eigenvalue weighted by Gasteiger charge is -2.24. The highest BCUT2D eigenvalue weighted by Crippen LogP contribution is 2.28. The van der Waals surface area contributed by atoms with Crippen LogP contribution in [-0.2, 0) is 4.74 Å². The summed E-state index contributed by atoms with van der Waals surface area (Å²) >= 11 is 1.28. The number of likely N-dealkylation sites (N-methyl/N-ethyl adjacent to an activating group) is 1. The van der Waals surface area contributed by atoms with E-state index in [4.69, 9.17) is 4.74 Å². The minimum absolute atomic E-state index is 0. The number of halogens is 1. The highest BCUT2D eigenvalue weighted by atomic mass is 35.5. The fourth-order valence-corrected chi connectivity index (χ4v) is 1.47. The number of ether oxygens (including phenoxy) is 1. The number of carbonyl (C=O) groups is 1. The molecule has 0 heterocycles. The van der Waals surface area contributed by atoms with Gasteiger partial charge in [-0.3, -0.25) is 0 Å². The third-order valence-corrected chi connectivity index (χ3v) is 3.32. The van der Waals surface area contributed by atoms with Crippen LogP contribution in [0.15, 0.2) is 0 Å². The Hall–Kier alpha value is 0.0700. The molecule has 5 heteroatoms. The average molecular weight is 270 g/mol. The highest BCUT2D eigenvalue weighted by Gasteiger charge is 2.22. The largest absolute Gasteiger partial charge is 1.00 e. The molecule has 0 aromatic rings. The summed E-state index contributed by atoms with van der Waals surface area (Å²) in [6, 6.07) is 0. The zero-order chi connectivity index (χ0) is 12.1. The molecule has 0 bridgehead atoms. The monoisotopic (exact) mass is 269 g/mol. The normalized spacial score (nSPS) is 11.9. The van der Waals surface area contributed by atoms with E-state index in [1.165, 1.54) is 11.8 Å². The molecule has 0 aliphatic heterocycles. The topological polar surface area (TPSA) is 26.3 Å². The van der Waals surface area contributed by atoms with Gasteiger partial charge in [-0.25, -0.2) is 4.79 Å². The summed E-state index contributed by atoms with van der Waals surface area (Å²) in [5.41, 5.74) is 0. The maximum Gasteiger partial charge on any atom is 0.368 e. The minimum Gasteiger partial charge on any atom is -1.00 e. The summed E-state index contributed by atoms with van der Waals surface area (Å²) in [5, 5.41) is -0.157. The molecule has 0 saturated carbocycles. The van der Waals surface area contributed by atoms with E-state index in [2.05, 4.69) is 41.9 Å². The predicted molar refractivity (Wildman–Crippen MR) is 66.2 cm³/mol. The number of thioether (sulfide) groups is 1. The van der Waals surface area contributed by atoms with E-state index in [9.17, 15) is 4.79 Å². The lowest BCUT2D eigenvalue weighted by Crippen LogP contribution is -3.00. The zero-order valence-corrected chi connectivity index (χ0v) is 12.7. The number of carbonyl (C=O) groups excluding carboxylic acids is 1. The Morgan fingerprint density at radius 3 is 2.19 bits per heavy atom. The number of quaternary nitrogens is 1. The van der Waals surface area contributed by atoms with E-state index >= 15 is 0 Å².